The van der Waals surface area contributed by atoms with E-state index in [1.165, 1.54) is 0 Å². The van der Waals surface area contributed by atoms with Gasteiger partial charge in [-0.25, -0.2) is 4.98 Å². The maximum Gasteiger partial charge on any atom is 0.253 e. The van der Waals surface area contributed by atoms with Crippen LogP contribution in [0, 0.1) is 0 Å². The molecule has 5 heteroatoms. The van der Waals surface area contributed by atoms with E-state index in [0.717, 1.165) is 38.1 Å². The number of hydrogen-bond acceptors (Lipinski definition) is 3. The Morgan fingerprint density at radius 2 is 1.38 bits per heavy atom. The fraction of sp³-hybridized carbons (Fsp3) is 0.0741. The number of primary amides is 1. The highest BCUT2D eigenvalue weighted by Gasteiger charge is 2.23. The highest BCUT2D eigenvalue weighted by molar-refractivity contribution is 6.16. The first kappa shape index (κ1) is 19.7. The summed E-state index contributed by atoms with van der Waals surface area (Å²) in [7, 11) is 0. The van der Waals surface area contributed by atoms with E-state index >= 15 is 0 Å². The first-order valence-corrected chi connectivity index (χ1v) is 10.5. The summed E-state index contributed by atoms with van der Waals surface area (Å²) in [5, 5.41) is 6.53. The third-order valence-electron chi connectivity index (χ3n) is 5.72. The number of aromatic nitrogens is 1. The summed E-state index contributed by atoms with van der Waals surface area (Å²) < 4.78 is 0. The Hall–Kier alpha value is -4.25. The number of carbonyl (C=O) groups is 2. The molecule has 0 aliphatic heterocycles. The Kier molecular flexibility index (Phi) is 5.00. The normalized spacial score (nSPS) is 12.1. The zero-order valence-corrected chi connectivity index (χ0v) is 17.3. The molecule has 1 atom stereocenters. The van der Waals surface area contributed by atoms with Gasteiger partial charge in [-0.05, 0) is 28.5 Å². The zero-order valence-electron chi connectivity index (χ0n) is 17.3. The zero-order chi connectivity index (χ0) is 22.1. The van der Waals surface area contributed by atoms with Crippen LogP contribution in [-0.4, -0.2) is 22.8 Å². The quantitative estimate of drug-likeness (QED) is 0.415. The average Bonchev–Trinajstić information content (AvgIpc) is 2.81. The number of nitrogens with zero attached hydrogens (tertiary/aromatic N) is 1. The SMILES string of the molecule is NC(=O)[C@H](Cc1ccc2ccccc2c1)NC(=O)c1c2ccccc2nc2ccccc12. The molecule has 3 N–H and O–H groups in total. The van der Waals surface area contributed by atoms with E-state index in [0.29, 0.717) is 12.0 Å². The largest absolute Gasteiger partial charge is 0.368 e. The van der Waals surface area contributed by atoms with E-state index in [4.69, 9.17) is 5.73 Å². The van der Waals surface area contributed by atoms with Crippen molar-refractivity contribution in [3.8, 4) is 0 Å². The molecule has 2 amide bonds. The molecular formula is C27H21N3O2. The predicted molar refractivity (Wildman–Crippen MR) is 127 cm³/mol. The van der Waals surface area contributed by atoms with E-state index in [1.54, 1.807) is 0 Å². The molecule has 0 bridgehead atoms. The van der Waals surface area contributed by atoms with Gasteiger partial charge in [-0.2, -0.15) is 0 Å². The number of amides is 2. The van der Waals surface area contributed by atoms with Crippen LogP contribution in [0.4, 0.5) is 0 Å². The standard InChI is InChI=1S/C27H21N3O2/c28-26(31)24(16-17-13-14-18-7-1-2-8-19(18)15-17)30-27(32)25-20-9-3-5-11-22(20)29-23-12-6-4-10-21(23)25/h1-15,24H,16H2,(H2,28,31)(H,30,32)/t24-/m0/s1. The van der Waals surface area contributed by atoms with Gasteiger partial charge in [0.1, 0.15) is 6.04 Å². The second kappa shape index (κ2) is 8.12. The van der Waals surface area contributed by atoms with Crippen LogP contribution in [0.3, 0.4) is 0 Å². The van der Waals surface area contributed by atoms with Crippen molar-refractivity contribution in [3.05, 3.63) is 102 Å². The molecule has 1 heterocycles. The van der Waals surface area contributed by atoms with Gasteiger partial charge in [-0.3, -0.25) is 9.59 Å². The summed E-state index contributed by atoms with van der Waals surface area (Å²) in [4.78, 5) is 30.4. The smallest absolute Gasteiger partial charge is 0.253 e. The number of rotatable bonds is 5. The van der Waals surface area contributed by atoms with Crippen LogP contribution in [0.15, 0.2) is 91.0 Å². The molecule has 156 valence electrons. The van der Waals surface area contributed by atoms with Crippen molar-refractivity contribution >= 4 is 44.4 Å². The Labute approximate surface area is 184 Å². The molecule has 5 aromatic rings. The third kappa shape index (κ3) is 3.65. The Morgan fingerprint density at radius 3 is 2.03 bits per heavy atom. The molecule has 0 aliphatic rings. The van der Waals surface area contributed by atoms with Crippen LogP contribution in [0.5, 0.6) is 0 Å². The van der Waals surface area contributed by atoms with Crippen molar-refractivity contribution in [1.82, 2.24) is 10.3 Å². The summed E-state index contributed by atoms with van der Waals surface area (Å²) in [5.41, 5.74) is 8.55. The maximum atomic E-state index is 13.4. The molecule has 5 rings (SSSR count). The van der Waals surface area contributed by atoms with Gasteiger partial charge in [-0.15, -0.1) is 0 Å². The lowest BCUT2D eigenvalue weighted by Crippen LogP contribution is -2.46. The van der Waals surface area contributed by atoms with Crippen molar-refractivity contribution in [2.45, 2.75) is 12.5 Å². The minimum atomic E-state index is -0.839. The number of fused-ring (bicyclic) bond motifs is 3. The van der Waals surface area contributed by atoms with Gasteiger partial charge >= 0.3 is 0 Å². The summed E-state index contributed by atoms with van der Waals surface area (Å²) in [5.74, 6) is -0.918. The van der Waals surface area contributed by atoms with Crippen LogP contribution in [-0.2, 0) is 11.2 Å². The topological polar surface area (TPSA) is 85.1 Å². The van der Waals surface area contributed by atoms with Crippen LogP contribution < -0.4 is 11.1 Å². The van der Waals surface area contributed by atoms with E-state index in [1.807, 2.05) is 91.0 Å². The molecular weight excluding hydrogens is 398 g/mol. The van der Waals surface area contributed by atoms with Crippen LogP contribution >= 0.6 is 0 Å². The van der Waals surface area contributed by atoms with Gasteiger partial charge in [0.2, 0.25) is 5.91 Å². The lowest BCUT2D eigenvalue weighted by atomic mass is 9.99. The van der Waals surface area contributed by atoms with Gasteiger partial charge in [0.05, 0.1) is 16.6 Å². The van der Waals surface area contributed by atoms with E-state index in [9.17, 15) is 9.59 Å². The lowest BCUT2D eigenvalue weighted by molar-refractivity contribution is -0.119. The van der Waals surface area contributed by atoms with Crippen molar-refractivity contribution in [2.24, 2.45) is 5.73 Å². The number of para-hydroxylation sites is 2. The number of hydrogen-bond donors (Lipinski definition) is 2. The predicted octanol–water partition coefficient (Wildman–Crippen LogP) is 4.37. The molecule has 0 radical (unpaired) electrons. The lowest BCUT2D eigenvalue weighted by Gasteiger charge is -2.18. The Bertz CT molecular complexity index is 1440. The van der Waals surface area contributed by atoms with Gasteiger partial charge in [0, 0.05) is 17.2 Å². The van der Waals surface area contributed by atoms with Crippen LogP contribution in [0.25, 0.3) is 32.6 Å². The Morgan fingerprint density at radius 1 is 0.781 bits per heavy atom. The second-order valence-electron chi connectivity index (χ2n) is 7.84. The minimum absolute atomic E-state index is 0.312. The first-order valence-electron chi connectivity index (χ1n) is 10.5. The molecule has 5 nitrogen and oxygen atoms in total. The molecule has 1 aromatic heterocycles. The van der Waals surface area contributed by atoms with E-state index in [2.05, 4.69) is 10.3 Å². The fourth-order valence-corrected chi connectivity index (χ4v) is 4.14. The molecule has 4 aromatic carbocycles. The number of benzene rings is 4. The van der Waals surface area contributed by atoms with Crippen LogP contribution in [0.2, 0.25) is 0 Å². The van der Waals surface area contributed by atoms with Crippen molar-refractivity contribution in [3.63, 3.8) is 0 Å². The molecule has 0 spiro atoms. The van der Waals surface area contributed by atoms with Crippen molar-refractivity contribution in [2.75, 3.05) is 0 Å². The monoisotopic (exact) mass is 419 g/mol. The molecule has 0 saturated heterocycles. The van der Waals surface area contributed by atoms with Gasteiger partial charge in [0.15, 0.2) is 0 Å². The summed E-state index contributed by atoms with van der Waals surface area (Å²) in [6.45, 7) is 0. The molecule has 32 heavy (non-hydrogen) atoms. The third-order valence-corrected chi connectivity index (χ3v) is 5.72. The number of carbonyl (C=O) groups excluding carboxylic acids is 2. The summed E-state index contributed by atoms with van der Waals surface area (Å²) >= 11 is 0. The number of nitrogens with one attached hydrogen (secondary N) is 1. The van der Waals surface area contributed by atoms with Gasteiger partial charge in [0.25, 0.3) is 5.91 Å². The number of pyridine rings is 1. The summed E-state index contributed by atoms with van der Waals surface area (Å²) in [6, 6.07) is 28.2. The van der Waals surface area contributed by atoms with Gasteiger partial charge < -0.3 is 11.1 Å². The molecule has 0 saturated carbocycles. The second-order valence-corrected chi connectivity index (χ2v) is 7.84. The van der Waals surface area contributed by atoms with Crippen molar-refractivity contribution < 1.29 is 9.59 Å². The van der Waals surface area contributed by atoms with Crippen LogP contribution in [0.1, 0.15) is 15.9 Å². The average molecular weight is 419 g/mol. The Balaban J connectivity index is 1.51. The fourth-order valence-electron chi connectivity index (χ4n) is 4.14. The molecule has 0 aliphatic carbocycles. The maximum absolute atomic E-state index is 13.4. The highest BCUT2D eigenvalue weighted by atomic mass is 16.2. The van der Waals surface area contributed by atoms with E-state index in [-0.39, 0.29) is 5.91 Å². The van der Waals surface area contributed by atoms with E-state index < -0.39 is 11.9 Å². The van der Waals surface area contributed by atoms with Crippen molar-refractivity contribution in [1.29, 1.82) is 0 Å². The van der Waals surface area contributed by atoms with Gasteiger partial charge in [-0.1, -0.05) is 78.9 Å². The number of nitrogens with two attached hydrogens (primary N) is 1. The first-order chi connectivity index (χ1) is 15.6. The highest BCUT2D eigenvalue weighted by Crippen LogP contribution is 2.26. The molecule has 0 fully saturated rings. The minimum Gasteiger partial charge on any atom is -0.368 e. The summed E-state index contributed by atoms with van der Waals surface area (Å²) in [6.07, 6.45) is 0.312. The molecule has 0 unspecified atom stereocenters.